The summed E-state index contributed by atoms with van der Waals surface area (Å²) in [6.45, 7) is 3.11. The fourth-order valence-electron chi connectivity index (χ4n) is 7.18. The zero-order chi connectivity index (χ0) is 30.1. The molecule has 5 N–H and O–H groups in total. The number of piperidine rings is 1. The summed E-state index contributed by atoms with van der Waals surface area (Å²) in [6.07, 6.45) is 10.4. The van der Waals surface area contributed by atoms with Crippen LogP contribution in [0.5, 0.6) is 5.75 Å². The number of nitrogens with zero attached hydrogens (tertiary/aromatic N) is 4. The number of carbonyl (C=O) groups is 1. The summed E-state index contributed by atoms with van der Waals surface area (Å²) in [7, 11) is 0. The number of phenols is 1. The number of hydrogen-bond acceptors (Lipinski definition) is 8. The predicted octanol–water partition coefficient (Wildman–Crippen LogP) is 4.52. The Labute approximate surface area is 255 Å². The number of hydrogen-bond donors (Lipinski definition) is 4. The topological polar surface area (TPSA) is 137 Å². The first-order valence-corrected chi connectivity index (χ1v) is 15.4. The molecular formula is C31H38ClFN6O4. The highest BCUT2D eigenvalue weighted by atomic mass is 35.5. The second-order valence-corrected chi connectivity index (χ2v) is 12.4. The van der Waals surface area contributed by atoms with Crippen molar-refractivity contribution in [3.05, 3.63) is 46.4 Å². The molecule has 230 valence electrons. The van der Waals surface area contributed by atoms with Gasteiger partial charge in [0.05, 0.1) is 16.3 Å². The first kappa shape index (κ1) is 29.7. The third-order valence-corrected chi connectivity index (χ3v) is 9.57. The van der Waals surface area contributed by atoms with Gasteiger partial charge in [-0.15, -0.1) is 0 Å². The van der Waals surface area contributed by atoms with Crippen LogP contribution in [0.15, 0.2) is 29.4 Å². The number of nitrogens with two attached hydrogens (primary N) is 1. The number of amidine groups is 1. The van der Waals surface area contributed by atoms with E-state index in [1.807, 2.05) is 4.90 Å². The summed E-state index contributed by atoms with van der Waals surface area (Å²) in [6, 6.07) is 2.44. The number of carbonyl (C=O) groups excluding carboxylic acids is 1. The zero-order valence-electron chi connectivity index (χ0n) is 24.1. The molecule has 1 aromatic heterocycles. The number of phenolic OH excluding ortho intramolecular Hbond substituents is 1. The van der Waals surface area contributed by atoms with Crippen molar-refractivity contribution in [3.8, 4) is 17.0 Å². The lowest BCUT2D eigenvalue weighted by Gasteiger charge is -2.36. The largest absolute Gasteiger partial charge is 0.508 e. The van der Waals surface area contributed by atoms with E-state index in [1.165, 1.54) is 31.2 Å². The van der Waals surface area contributed by atoms with Crippen LogP contribution in [0.25, 0.3) is 17.3 Å². The number of rotatable bonds is 4. The van der Waals surface area contributed by atoms with Crippen molar-refractivity contribution in [1.82, 2.24) is 20.1 Å². The summed E-state index contributed by atoms with van der Waals surface area (Å²) >= 11 is 6.42. The van der Waals surface area contributed by atoms with E-state index in [0.29, 0.717) is 30.9 Å². The molecule has 0 aliphatic carbocycles. The van der Waals surface area contributed by atoms with E-state index in [-0.39, 0.29) is 51.5 Å². The monoisotopic (exact) mass is 612 g/mol. The van der Waals surface area contributed by atoms with Gasteiger partial charge in [0.25, 0.3) is 0 Å². The lowest BCUT2D eigenvalue weighted by molar-refractivity contribution is 0.121. The van der Waals surface area contributed by atoms with Crippen molar-refractivity contribution in [2.45, 2.75) is 69.2 Å². The molecule has 2 atom stereocenters. The van der Waals surface area contributed by atoms with Gasteiger partial charge < -0.3 is 30.9 Å². The number of pyridine rings is 1. The van der Waals surface area contributed by atoms with Crippen LogP contribution < -0.4 is 11.1 Å². The van der Waals surface area contributed by atoms with E-state index in [2.05, 4.69) is 15.2 Å². The van der Waals surface area contributed by atoms with Crippen LogP contribution in [0.2, 0.25) is 5.02 Å². The van der Waals surface area contributed by atoms with E-state index in [4.69, 9.17) is 27.1 Å². The molecule has 2 unspecified atom stereocenters. The number of alkyl carbamates (subject to hydrolysis) is 1. The van der Waals surface area contributed by atoms with Gasteiger partial charge in [-0.3, -0.25) is 9.88 Å². The second-order valence-electron chi connectivity index (χ2n) is 12.0. The summed E-state index contributed by atoms with van der Waals surface area (Å²) < 4.78 is 21.5. The third-order valence-electron chi connectivity index (χ3n) is 9.26. The number of ether oxygens (including phenoxy) is 1. The lowest BCUT2D eigenvalue weighted by Crippen LogP contribution is -2.50. The Hall–Kier alpha value is -3.41. The number of aromatic hydroxyl groups is 1. The number of halogens is 2. The summed E-state index contributed by atoms with van der Waals surface area (Å²) in [5.74, 6) is -0.623. The zero-order valence-corrected chi connectivity index (χ0v) is 24.8. The summed E-state index contributed by atoms with van der Waals surface area (Å²) in [4.78, 5) is 26.2. The van der Waals surface area contributed by atoms with Crippen molar-refractivity contribution in [3.63, 3.8) is 0 Å². The van der Waals surface area contributed by atoms with Gasteiger partial charge in [0.1, 0.15) is 30.1 Å². The first-order valence-electron chi connectivity index (χ1n) is 15.1. The van der Waals surface area contributed by atoms with Crippen LogP contribution in [0, 0.1) is 5.82 Å². The van der Waals surface area contributed by atoms with Gasteiger partial charge in [-0.2, -0.15) is 0 Å². The molecule has 1 aromatic carbocycles. The Kier molecular flexibility index (Phi) is 8.48. The fraction of sp³-hybridized carbons (Fsp3) is 0.516. The van der Waals surface area contributed by atoms with Crippen molar-refractivity contribution in [2.24, 2.45) is 4.99 Å². The predicted molar refractivity (Wildman–Crippen MR) is 163 cm³/mol. The molecule has 0 spiro atoms. The minimum atomic E-state index is -1.03. The van der Waals surface area contributed by atoms with Gasteiger partial charge in [-0.05, 0) is 82.7 Å². The minimum absolute atomic E-state index is 0.0479. The summed E-state index contributed by atoms with van der Waals surface area (Å²) in [5.41, 5.74) is 7.17. The molecule has 2 aromatic rings. The van der Waals surface area contributed by atoms with Crippen LogP contribution in [0.3, 0.4) is 0 Å². The molecule has 0 radical (unpaired) electrons. The molecule has 5 aliphatic rings. The average molecular weight is 613 g/mol. The smallest absolute Gasteiger partial charge is 0.407 e. The van der Waals surface area contributed by atoms with Crippen molar-refractivity contribution in [2.75, 3.05) is 38.5 Å². The molecule has 10 nitrogen and oxygen atoms in total. The molecule has 12 heteroatoms. The minimum Gasteiger partial charge on any atom is -0.508 e. The van der Waals surface area contributed by atoms with E-state index in [9.17, 15) is 15.0 Å². The van der Waals surface area contributed by atoms with Crippen LogP contribution in [0.4, 0.5) is 14.9 Å². The number of amides is 1. The van der Waals surface area contributed by atoms with Gasteiger partial charge >= 0.3 is 6.09 Å². The molecular weight excluding hydrogens is 575 g/mol. The standard InChI is InChI=1S/C31H38ClFN6O4/c32-24-16-20(40)15-22-21(24)6-2-14-43-30(42)36-19-5-1-11-38(18-19)29(23-17-35-28(22)26(33)27(23)34)37-25(41)7-10-31-8-3-12-39(31)13-4-9-31/h2,6,15-17,19,25,40-41H,1,3-5,7-14,18H2,(H2,34,35)(H,36,42)/b6-2?,37-29+. The number of nitrogens with one attached hydrogen (secondary N) is 1. The number of aromatic nitrogens is 1. The maximum atomic E-state index is 16.1. The molecule has 6 heterocycles. The van der Waals surface area contributed by atoms with E-state index >= 15 is 4.39 Å². The van der Waals surface area contributed by atoms with Crippen molar-refractivity contribution in [1.29, 1.82) is 0 Å². The molecule has 0 saturated carbocycles. The fourth-order valence-corrected chi connectivity index (χ4v) is 7.46. The van der Waals surface area contributed by atoms with Crippen LogP contribution in [-0.4, -0.2) is 87.5 Å². The Bertz CT molecular complexity index is 1440. The third kappa shape index (κ3) is 6.03. The van der Waals surface area contributed by atoms with Crippen molar-refractivity contribution < 1.29 is 24.1 Å². The average Bonchev–Trinajstić information content (AvgIpc) is 3.56. The van der Waals surface area contributed by atoms with Gasteiger partial charge in [-0.25, -0.2) is 14.2 Å². The van der Waals surface area contributed by atoms with Crippen LogP contribution in [0.1, 0.15) is 62.5 Å². The van der Waals surface area contributed by atoms with Gasteiger partial charge in [-0.1, -0.05) is 17.7 Å². The molecule has 5 aliphatic heterocycles. The Morgan fingerprint density at radius 1 is 1.23 bits per heavy atom. The van der Waals surface area contributed by atoms with Gasteiger partial charge in [0.15, 0.2) is 5.82 Å². The van der Waals surface area contributed by atoms with Crippen molar-refractivity contribution >= 4 is 35.3 Å². The molecule has 43 heavy (non-hydrogen) atoms. The molecule has 4 bridgehead atoms. The first-order chi connectivity index (χ1) is 20.7. The molecule has 1 amide bonds. The van der Waals surface area contributed by atoms with Crippen LogP contribution >= 0.6 is 11.6 Å². The number of fused-ring (bicyclic) bond motifs is 7. The number of benzene rings is 1. The Morgan fingerprint density at radius 2 is 2.02 bits per heavy atom. The molecule has 3 fully saturated rings. The highest BCUT2D eigenvalue weighted by Gasteiger charge is 2.43. The highest BCUT2D eigenvalue weighted by Crippen LogP contribution is 2.42. The maximum Gasteiger partial charge on any atom is 0.407 e. The van der Waals surface area contributed by atoms with E-state index in [0.717, 1.165) is 45.2 Å². The number of aliphatic hydroxyl groups is 1. The molecule has 7 rings (SSSR count). The van der Waals surface area contributed by atoms with Gasteiger partial charge in [0.2, 0.25) is 0 Å². The van der Waals surface area contributed by atoms with Crippen LogP contribution in [-0.2, 0) is 4.74 Å². The summed E-state index contributed by atoms with van der Waals surface area (Å²) in [5, 5.41) is 24.6. The number of anilines is 1. The second kappa shape index (κ2) is 12.3. The number of aliphatic imine (C=N–C) groups is 1. The Morgan fingerprint density at radius 3 is 2.81 bits per heavy atom. The highest BCUT2D eigenvalue weighted by molar-refractivity contribution is 6.32. The Balaban J connectivity index is 1.40. The number of aliphatic hydroxyl groups excluding tert-OH is 1. The van der Waals surface area contributed by atoms with E-state index < -0.39 is 18.1 Å². The normalized spacial score (nSPS) is 23.6. The number of nitrogen functional groups attached to an aromatic ring is 1. The van der Waals surface area contributed by atoms with Gasteiger partial charge in [0, 0.05) is 42.0 Å². The quantitative estimate of drug-likeness (QED) is 0.396. The van der Waals surface area contributed by atoms with E-state index in [1.54, 1.807) is 12.2 Å². The lowest BCUT2D eigenvalue weighted by atomic mass is 9.88. The molecule has 3 saturated heterocycles. The maximum absolute atomic E-state index is 16.1. The SMILES string of the molecule is Nc1c2cnc(c1F)-c1cc(O)cc(Cl)c1C=CCOC(=O)NC1CCCN(C1)/C2=N/C(O)CCC12CCCN1CCC2.